The van der Waals surface area contributed by atoms with Gasteiger partial charge < -0.3 is 16.0 Å². The van der Waals surface area contributed by atoms with Gasteiger partial charge in [0.15, 0.2) is 0 Å². The number of piperidine rings is 2. The summed E-state index contributed by atoms with van der Waals surface area (Å²) >= 11 is 0. The molecule has 2 saturated heterocycles. The summed E-state index contributed by atoms with van der Waals surface area (Å²) in [7, 11) is 0. The lowest BCUT2D eigenvalue weighted by atomic mass is 9.95. The van der Waals surface area contributed by atoms with Gasteiger partial charge in [-0.2, -0.15) is 0 Å². The highest BCUT2D eigenvalue weighted by Crippen LogP contribution is 2.21. The standard InChI is InChI=1S/C20H28N4O3/c21-19(26)15-6-8-17(9-7-15)22-18(25)14-23-10-4-5-16(13-23)20(27)24-11-2-1-3-12-24/h6-9,16H,1-5,10-14H2,(H2,21,26)(H,22,25)/t16-/m1/s1. The molecule has 2 aliphatic rings. The summed E-state index contributed by atoms with van der Waals surface area (Å²) in [5.41, 5.74) is 6.25. The molecule has 0 aromatic heterocycles. The molecular formula is C20H28N4O3. The molecule has 3 amide bonds. The number of rotatable bonds is 5. The average molecular weight is 372 g/mol. The second-order valence-electron chi connectivity index (χ2n) is 7.45. The Morgan fingerprint density at radius 3 is 2.37 bits per heavy atom. The molecule has 1 aromatic rings. The van der Waals surface area contributed by atoms with E-state index >= 15 is 0 Å². The molecule has 1 atom stereocenters. The molecule has 1 aromatic carbocycles. The third-order valence-corrected chi connectivity index (χ3v) is 5.34. The zero-order chi connectivity index (χ0) is 19.2. The fourth-order valence-electron chi connectivity index (χ4n) is 3.89. The SMILES string of the molecule is NC(=O)c1ccc(NC(=O)CN2CCC[C@@H](C(=O)N3CCCCC3)C2)cc1. The molecule has 3 rings (SSSR count). The van der Waals surface area contributed by atoms with Crippen LogP contribution in [0.2, 0.25) is 0 Å². The van der Waals surface area contributed by atoms with E-state index in [9.17, 15) is 14.4 Å². The zero-order valence-corrected chi connectivity index (χ0v) is 15.7. The van der Waals surface area contributed by atoms with E-state index in [4.69, 9.17) is 5.73 Å². The maximum absolute atomic E-state index is 12.7. The summed E-state index contributed by atoms with van der Waals surface area (Å²) in [6, 6.07) is 6.51. The average Bonchev–Trinajstić information content (AvgIpc) is 2.68. The van der Waals surface area contributed by atoms with Gasteiger partial charge in [-0.1, -0.05) is 0 Å². The number of carbonyl (C=O) groups excluding carboxylic acids is 3. The molecule has 27 heavy (non-hydrogen) atoms. The second kappa shape index (κ2) is 8.99. The van der Waals surface area contributed by atoms with Crippen molar-refractivity contribution in [3.8, 4) is 0 Å². The van der Waals surface area contributed by atoms with E-state index in [-0.39, 0.29) is 24.3 Å². The van der Waals surface area contributed by atoms with Crippen molar-refractivity contribution < 1.29 is 14.4 Å². The minimum atomic E-state index is -0.495. The first-order valence-electron chi connectivity index (χ1n) is 9.74. The highest BCUT2D eigenvalue weighted by atomic mass is 16.2. The third kappa shape index (κ3) is 5.29. The van der Waals surface area contributed by atoms with E-state index in [1.165, 1.54) is 6.42 Å². The summed E-state index contributed by atoms with van der Waals surface area (Å²) in [5, 5.41) is 2.83. The number of hydrogen-bond acceptors (Lipinski definition) is 4. The van der Waals surface area contributed by atoms with Gasteiger partial charge in [0, 0.05) is 30.9 Å². The van der Waals surface area contributed by atoms with Crippen LogP contribution in [0.4, 0.5) is 5.69 Å². The number of hydrogen-bond donors (Lipinski definition) is 2. The highest BCUT2D eigenvalue weighted by Gasteiger charge is 2.30. The van der Waals surface area contributed by atoms with Crippen molar-refractivity contribution in [1.82, 2.24) is 9.80 Å². The van der Waals surface area contributed by atoms with Crippen LogP contribution in [0.25, 0.3) is 0 Å². The van der Waals surface area contributed by atoms with Crippen molar-refractivity contribution in [2.75, 3.05) is 38.0 Å². The van der Waals surface area contributed by atoms with Gasteiger partial charge in [-0.15, -0.1) is 0 Å². The molecule has 2 aliphatic heterocycles. The van der Waals surface area contributed by atoms with Crippen LogP contribution in [0.5, 0.6) is 0 Å². The number of nitrogens with two attached hydrogens (primary N) is 1. The Hall–Kier alpha value is -2.41. The Morgan fingerprint density at radius 2 is 1.70 bits per heavy atom. The molecule has 0 unspecified atom stereocenters. The molecule has 0 bridgehead atoms. The van der Waals surface area contributed by atoms with Gasteiger partial charge in [-0.25, -0.2) is 0 Å². The summed E-state index contributed by atoms with van der Waals surface area (Å²) < 4.78 is 0. The van der Waals surface area contributed by atoms with E-state index in [1.54, 1.807) is 24.3 Å². The first kappa shape index (κ1) is 19.4. The maximum Gasteiger partial charge on any atom is 0.248 e. The van der Waals surface area contributed by atoms with Crippen molar-refractivity contribution in [3.05, 3.63) is 29.8 Å². The Kier molecular flexibility index (Phi) is 6.45. The van der Waals surface area contributed by atoms with Crippen LogP contribution in [0.15, 0.2) is 24.3 Å². The van der Waals surface area contributed by atoms with E-state index in [0.717, 1.165) is 45.3 Å². The lowest BCUT2D eigenvalue weighted by Gasteiger charge is -2.36. The summed E-state index contributed by atoms with van der Waals surface area (Å²) in [6.07, 6.45) is 5.24. The van der Waals surface area contributed by atoms with Crippen molar-refractivity contribution in [3.63, 3.8) is 0 Å². The van der Waals surface area contributed by atoms with Crippen LogP contribution in [-0.4, -0.2) is 60.2 Å². The molecule has 2 heterocycles. The Bertz CT molecular complexity index is 683. The smallest absolute Gasteiger partial charge is 0.248 e. The second-order valence-corrected chi connectivity index (χ2v) is 7.45. The molecular weight excluding hydrogens is 344 g/mol. The largest absolute Gasteiger partial charge is 0.366 e. The predicted octanol–water partition coefficient (Wildman–Crippen LogP) is 1.45. The fraction of sp³-hybridized carbons (Fsp3) is 0.550. The van der Waals surface area contributed by atoms with E-state index < -0.39 is 5.91 Å². The minimum absolute atomic E-state index is 0.000463. The van der Waals surface area contributed by atoms with E-state index in [1.807, 2.05) is 4.90 Å². The van der Waals surface area contributed by atoms with E-state index in [0.29, 0.717) is 17.8 Å². The van der Waals surface area contributed by atoms with Crippen molar-refractivity contribution in [1.29, 1.82) is 0 Å². The predicted molar refractivity (Wildman–Crippen MR) is 103 cm³/mol. The van der Waals surface area contributed by atoms with Crippen LogP contribution >= 0.6 is 0 Å². The molecule has 3 N–H and O–H groups in total. The highest BCUT2D eigenvalue weighted by molar-refractivity contribution is 5.95. The van der Waals surface area contributed by atoms with Crippen molar-refractivity contribution >= 4 is 23.4 Å². The van der Waals surface area contributed by atoms with Gasteiger partial charge in [0.05, 0.1) is 12.5 Å². The molecule has 146 valence electrons. The molecule has 0 aliphatic carbocycles. The van der Waals surface area contributed by atoms with Gasteiger partial charge in [0.1, 0.15) is 0 Å². The maximum atomic E-state index is 12.7. The number of anilines is 1. The lowest BCUT2D eigenvalue weighted by molar-refractivity contribution is -0.138. The molecule has 7 nitrogen and oxygen atoms in total. The Balaban J connectivity index is 1.50. The van der Waals surface area contributed by atoms with Crippen LogP contribution < -0.4 is 11.1 Å². The van der Waals surface area contributed by atoms with Crippen LogP contribution in [0, 0.1) is 5.92 Å². The number of primary amides is 1. The summed E-state index contributed by atoms with van der Waals surface area (Å²) in [5.74, 6) is -0.361. The zero-order valence-electron chi connectivity index (χ0n) is 15.7. The topological polar surface area (TPSA) is 95.7 Å². The summed E-state index contributed by atoms with van der Waals surface area (Å²) in [4.78, 5) is 40.2. The summed E-state index contributed by atoms with van der Waals surface area (Å²) in [6.45, 7) is 3.48. The number of benzene rings is 1. The monoisotopic (exact) mass is 372 g/mol. The number of likely N-dealkylation sites (tertiary alicyclic amines) is 2. The Morgan fingerprint density at radius 1 is 1.00 bits per heavy atom. The lowest BCUT2D eigenvalue weighted by Crippen LogP contribution is -2.47. The normalized spacial score (nSPS) is 20.9. The molecule has 7 heteroatoms. The number of carbonyl (C=O) groups is 3. The van der Waals surface area contributed by atoms with Gasteiger partial charge in [0.25, 0.3) is 0 Å². The van der Waals surface area contributed by atoms with Gasteiger partial charge in [-0.05, 0) is 62.9 Å². The van der Waals surface area contributed by atoms with E-state index in [2.05, 4.69) is 10.2 Å². The number of nitrogens with one attached hydrogen (secondary N) is 1. The van der Waals surface area contributed by atoms with Crippen LogP contribution in [0.1, 0.15) is 42.5 Å². The first-order valence-corrected chi connectivity index (χ1v) is 9.74. The number of nitrogens with zero attached hydrogens (tertiary/aromatic N) is 2. The molecule has 0 radical (unpaired) electrons. The van der Waals surface area contributed by atoms with Gasteiger partial charge in [0.2, 0.25) is 17.7 Å². The van der Waals surface area contributed by atoms with Gasteiger partial charge >= 0.3 is 0 Å². The Labute approximate surface area is 159 Å². The van der Waals surface area contributed by atoms with Crippen molar-refractivity contribution in [2.45, 2.75) is 32.1 Å². The molecule has 0 spiro atoms. The minimum Gasteiger partial charge on any atom is -0.366 e. The van der Waals surface area contributed by atoms with Crippen molar-refractivity contribution in [2.24, 2.45) is 11.7 Å². The molecule has 0 saturated carbocycles. The van der Waals surface area contributed by atoms with Crippen LogP contribution in [-0.2, 0) is 9.59 Å². The number of amides is 3. The first-order chi connectivity index (χ1) is 13.0. The third-order valence-electron chi connectivity index (χ3n) is 5.34. The van der Waals surface area contributed by atoms with Crippen LogP contribution in [0.3, 0.4) is 0 Å². The quantitative estimate of drug-likeness (QED) is 0.818. The molecule has 2 fully saturated rings. The van der Waals surface area contributed by atoms with Gasteiger partial charge in [-0.3, -0.25) is 19.3 Å². The fourth-order valence-corrected chi connectivity index (χ4v) is 3.89.